The number of morpholine rings is 1. The van der Waals surface area contributed by atoms with Crippen LogP contribution in [0.2, 0.25) is 0 Å². The Hall–Kier alpha value is -1.39. The smallest absolute Gasteiger partial charge is 0.247 e. The van der Waals surface area contributed by atoms with E-state index in [1.807, 2.05) is 42.2 Å². The maximum Gasteiger partial charge on any atom is 0.247 e. The molecule has 0 aromatic heterocycles. The fraction of sp³-hybridized carbons (Fsp3) is 0.562. The molecule has 1 aliphatic heterocycles. The Morgan fingerprint density at radius 1 is 1.35 bits per heavy atom. The summed E-state index contributed by atoms with van der Waals surface area (Å²) in [5, 5.41) is 0. The largest absolute Gasteiger partial charge is 0.374 e. The fourth-order valence-corrected chi connectivity index (χ4v) is 3.38. The zero-order chi connectivity index (χ0) is 14.2. The number of carbonyl (C=O) groups is 1. The van der Waals surface area contributed by atoms with Crippen molar-refractivity contribution in [2.75, 3.05) is 13.2 Å². The third kappa shape index (κ3) is 2.23. The molecule has 1 amide bonds. The molecule has 0 radical (unpaired) electrons. The van der Waals surface area contributed by atoms with Gasteiger partial charge in [0.25, 0.3) is 0 Å². The number of ether oxygens (including phenoxy) is 1. The first kappa shape index (κ1) is 13.6. The lowest BCUT2D eigenvalue weighted by molar-refractivity contribution is -0.149. The van der Waals surface area contributed by atoms with Crippen LogP contribution in [-0.4, -0.2) is 36.1 Å². The van der Waals surface area contributed by atoms with E-state index in [-0.39, 0.29) is 18.1 Å². The van der Waals surface area contributed by atoms with Gasteiger partial charge in [0, 0.05) is 6.54 Å². The first-order chi connectivity index (χ1) is 9.60. The van der Waals surface area contributed by atoms with Gasteiger partial charge < -0.3 is 15.4 Å². The highest BCUT2D eigenvalue weighted by molar-refractivity contribution is 5.87. The molecular weight excluding hydrogens is 252 g/mol. The molecule has 1 aromatic carbocycles. The standard InChI is InChI=1S/C16H22N2O2/c1-16(17,12-6-3-2-4-7-12)15(19)18-10-11-20-14-9-5-8-13(14)18/h2-4,6-7,13-14H,5,8-11,17H2,1H3. The molecule has 1 saturated heterocycles. The molecule has 1 aromatic rings. The first-order valence-electron chi connectivity index (χ1n) is 7.38. The summed E-state index contributed by atoms with van der Waals surface area (Å²) in [6.07, 6.45) is 3.42. The summed E-state index contributed by atoms with van der Waals surface area (Å²) in [7, 11) is 0. The minimum Gasteiger partial charge on any atom is -0.374 e. The lowest BCUT2D eigenvalue weighted by atomic mass is 9.90. The van der Waals surface area contributed by atoms with Crippen molar-refractivity contribution in [3.8, 4) is 0 Å². The Bertz CT molecular complexity index is 487. The van der Waals surface area contributed by atoms with E-state index in [0.29, 0.717) is 13.2 Å². The maximum absolute atomic E-state index is 12.9. The van der Waals surface area contributed by atoms with Crippen LogP contribution in [0, 0.1) is 0 Å². The number of carbonyl (C=O) groups excluding carboxylic acids is 1. The van der Waals surface area contributed by atoms with E-state index in [4.69, 9.17) is 10.5 Å². The van der Waals surface area contributed by atoms with Crippen LogP contribution in [0.5, 0.6) is 0 Å². The number of benzene rings is 1. The van der Waals surface area contributed by atoms with Crippen molar-refractivity contribution in [2.24, 2.45) is 5.73 Å². The van der Waals surface area contributed by atoms with E-state index in [1.54, 1.807) is 0 Å². The molecule has 3 atom stereocenters. The molecule has 3 unspecified atom stereocenters. The lowest BCUT2D eigenvalue weighted by Crippen LogP contribution is -2.59. The summed E-state index contributed by atoms with van der Waals surface area (Å²) in [4.78, 5) is 14.9. The average Bonchev–Trinajstić information content (AvgIpc) is 2.95. The summed E-state index contributed by atoms with van der Waals surface area (Å²) in [5.74, 6) is 0.0175. The van der Waals surface area contributed by atoms with Gasteiger partial charge in [0.1, 0.15) is 5.54 Å². The van der Waals surface area contributed by atoms with Crippen molar-refractivity contribution in [2.45, 2.75) is 43.9 Å². The van der Waals surface area contributed by atoms with Gasteiger partial charge in [-0.2, -0.15) is 0 Å². The predicted molar refractivity (Wildman–Crippen MR) is 77.1 cm³/mol. The minimum atomic E-state index is -0.967. The molecule has 108 valence electrons. The van der Waals surface area contributed by atoms with Gasteiger partial charge in [0.2, 0.25) is 5.91 Å². The normalized spacial score (nSPS) is 28.8. The van der Waals surface area contributed by atoms with Crippen LogP contribution < -0.4 is 5.73 Å². The molecule has 2 fully saturated rings. The topological polar surface area (TPSA) is 55.6 Å². The molecule has 1 aliphatic carbocycles. The van der Waals surface area contributed by atoms with Crippen molar-refractivity contribution in [3.63, 3.8) is 0 Å². The Morgan fingerprint density at radius 3 is 2.85 bits per heavy atom. The number of hydrogen-bond acceptors (Lipinski definition) is 3. The zero-order valence-corrected chi connectivity index (χ0v) is 11.9. The summed E-state index contributed by atoms with van der Waals surface area (Å²) in [6, 6.07) is 9.83. The molecule has 0 spiro atoms. The molecular formula is C16H22N2O2. The van der Waals surface area contributed by atoms with Gasteiger partial charge in [0.05, 0.1) is 18.8 Å². The summed E-state index contributed by atoms with van der Waals surface area (Å²) in [6.45, 7) is 3.08. The van der Waals surface area contributed by atoms with Crippen molar-refractivity contribution in [1.29, 1.82) is 0 Å². The van der Waals surface area contributed by atoms with Gasteiger partial charge in [-0.25, -0.2) is 0 Å². The monoisotopic (exact) mass is 274 g/mol. The summed E-state index contributed by atoms with van der Waals surface area (Å²) in [5.41, 5.74) is 6.26. The van der Waals surface area contributed by atoms with E-state index in [0.717, 1.165) is 24.8 Å². The number of fused-ring (bicyclic) bond motifs is 1. The highest BCUT2D eigenvalue weighted by Gasteiger charge is 2.43. The molecule has 2 aliphatic rings. The van der Waals surface area contributed by atoms with Crippen LogP contribution in [0.1, 0.15) is 31.7 Å². The second-order valence-corrected chi connectivity index (χ2v) is 5.97. The van der Waals surface area contributed by atoms with E-state index in [2.05, 4.69) is 0 Å². The van der Waals surface area contributed by atoms with Crippen LogP contribution >= 0.6 is 0 Å². The Balaban J connectivity index is 1.84. The number of nitrogens with zero attached hydrogens (tertiary/aromatic N) is 1. The molecule has 2 N–H and O–H groups in total. The van der Waals surface area contributed by atoms with E-state index in [1.165, 1.54) is 0 Å². The van der Waals surface area contributed by atoms with Crippen LogP contribution in [0.3, 0.4) is 0 Å². The Kier molecular flexibility index (Phi) is 3.52. The number of hydrogen-bond donors (Lipinski definition) is 1. The molecule has 1 heterocycles. The lowest BCUT2D eigenvalue weighted by Gasteiger charge is -2.41. The highest BCUT2D eigenvalue weighted by atomic mass is 16.5. The molecule has 20 heavy (non-hydrogen) atoms. The second kappa shape index (κ2) is 5.19. The maximum atomic E-state index is 12.9. The van der Waals surface area contributed by atoms with Gasteiger partial charge in [-0.15, -0.1) is 0 Å². The van der Waals surface area contributed by atoms with E-state index >= 15 is 0 Å². The van der Waals surface area contributed by atoms with Crippen LogP contribution in [0.4, 0.5) is 0 Å². The zero-order valence-electron chi connectivity index (χ0n) is 11.9. The van der Waals surface area contributed by atoms with Crippen molar-refractivity contribution >= 4 is 5.91 Å². The van der Waals surface area contributed by atoms with Crippen LogP contribution in [0.15, 0.2) is 30.3 Å². The van der Waals surface area contributed by atoms with E-state index < -0.39 is 5.54 Å². The van der Waals surface area contributed by atoms with Gasteiger partial charge in [-0.1, -0.05) is 30.3 Å². The average molecular weight is 274 g/mol. The number of rotatable bonds is 2. The van der Waals surface area contributed by atoms with Crippen molar-refractivity contribution in [3.05, 3.63) is 35.9 Å². The third-order valence-electron chi connectivity index (χ3n) is 4.56. The number of amides is 1. The van der Waals surface area contributed by atoms with Crippen molar-refractivity contribution in [1.82, 2.24) is 4.90 Å². The Labute approximate surface area is 119 Å². The van der Waals surface area contributed by atoms with Gasteiger partial charge in [-0.3, -0.25) is 4.79 Å². The number of nitrogens with two attached hydrogens (primary N) is 1. The fourth-order valence-electron chi connectivity index (χ4n) is 3.38. The predicted octanol–water partition coefficient (Wildman–Crippen LogP) is 1.64. The highest BCUT2D eigenvalue weighted by Crippen LogP contribution is 2.32. The minimum absolute atomic E-state index is 0.0175. The molecule has 1 saturated carbocycles. The third-order valence-corrected chi connectivity index (χ3v) is 4.56. The van der Waals surface area contributed by atoms with Crippen molar-refractivity contribution < 1.29 is 9.53 Å². The molecule has 4 heteroatoms. The summed E-state index contributed by atoms with van der Waals surface area (Å²) < 4.78 is 5.77. The molecule has 3 rings (SSSR count). The summed E-state index contributed by atoms with van der Waals surface area (Å²) >= 11 is 0. The molecule has 0 bridgehead atoms. The second-order valence-electron chi connectivity index (χ2n) is 5.97. The van der Waals surface area contributed by atoms with E-state index in [9.17, 15) is 4.79 Å². The van der Waals surface area contributed by atoms with Gasteiger partial charge >= 0.3 is 0 Å². The Morgan fingerprint density at radius 2 is 2.10 bits per heavy atom. The van der Waals surface area contributed by atoms with Crippen LogP contribution in [-0.2, 0) is 15.1 Å². The van der Waals surface area contributed by atoms with Crippen LogP contribution in [0.25, 0.3) is 0 Å². The SMILES string of the molecule is CC(N)(C(=O)N1CCOC2CCCC21)c1ccccc1. The van der Waals surface area contributed by atoms with Gasteiger partial charge in [0.15, 0.2) is 0 Å². The molecule has 4 nitrogen and oxygen atoms in total. The quantitative estimate of drug-likeness (QED) is 0.892. The first-order valence-corrected chi connectivity index (χ1v) is 7.38. The van der Waals surface area contributed by atoms with Gasteiger partial charge in [-0.05, 0) is 31.7 Å².